The Morgan fingerprint density at radius 1 is 1.10 bits per heavy atom. The third-order valence-electron chi connectivity index (χ3n) is 3.55. The van der Waals surface area contributed by atoms with Crippen LogP contribution in [0.5, 0.6) is 0 Å². The van der Waals surface area contributed by atoms with Gasteiger partial charge in [-0.15, -0.1) is 0 Å². The van der Waals surface area contributed by atoms with E-state index >= 15 is 0 Å². The third-order valence-corrected chi connectivity index (χ3v) is 3.55. The lowest BCUT2D eigenvalue weighted by Crippen LogP contribution is -2.27. The number of hydrogen-bond donors (Lipinski definition) is 1. The number of hydrogen-bond acceptors (Lipinski definition) is 2. The highest BCUT2D eigenvalue weighted by molar-refractivity contribution is 5.93. The average Bonchev–Trinajstić information content (AvgIpc) is 2.49. The molecule has 0 aliphatic heterocycles. The molecule has 0 aliphatic carbocycles. The molecule has 3 heteroatoms. The molecule has 110 valence electrons. The molecule has 0 unspecified atom stereocenters. The quantitative estimate of drug-likeness (QED) is 0.905. The van der Waals surface area contributed by atoms with Crippen molar-refractivity contribution in [1.82, 2.24) is 0 Å². The molecule has 1 N–H and O–H groups in total. The van der Waals surface area contributed by atoms with Gasteiger partial charge in [0.15, 0.2) is 0 Å². The Labute approximate surface area is 126 Å². The molecule has 0 saturated heterocycles. The summed E-state index contributed by atoms with van der Waals surface area (Å²) in [6, 6.07) is 16.0. The Kier molecular flexibility index (Phi) is 4.99. The van der Waals surface area contributed by atoms with Crippen molar-refractivity contribution in [2.45, 2.75) is 20.3 Å². The lowest BCUT2D eigenvalue weighted by molar-refractivity contribution is -0.118. The maximum absolute atomic E-state index is 12.2. The lowest BCUT2D eigenvalue weighted by Gasteiger charge is -2.18. The van der Waals surface area contributed by atoms with Crippen molar-refractivity contribution in [2.75, 3.05) is 23.8 Å². The third kappa shape index (κ3) is 4.09. The molecule has 2 aromatic carbocycles. The van der Waals surface area contributed by atoms with Crippen LogP contribution in [0.15, 0.2) is 48.5 Å². The highest BCUT2D eigenvalue weighted by Gasteiger charge is 2.10. The number of carbonyl (C=O) groups excluding carboxylic acids is 1. The number of amides is 1. The summed E-state index contributed by atoms with van der Waals surface area (Å²) >= 11 is 0. The fraction of sp³-hybridized carbons (Fsp3) is 0.278. The Morgan fingerprint density at radius 3 is 2.48 bits per heavy atom. The number of para-hydroxylation sites is 1. The van der Waals surface area contributed by atoms with Crippen molar-refractivity contribution in [1.29, 1.82) is 0 Å². The minimum atomic E-state index is 0.110. The monoisotopic (exact) mass is 282 g/mol. The van der Waals surface area contributed by atoms with Crippen molar-refractivity contribution >= 4 is 17.3 Å². The summed E-state index contributed by atoms with van der Waals surface area (Å²) < 4.78 is 0. The molecule has 0 radical (unpaired) electrons. The van der Waals surface area contributed by atoms with Crippen LogP contribution in [0, 0.1) is 13.8 Å². The summed E-state index contributed by atoms with van der Waals surface area (Å²) in [5.41, 5.74) is 4.47. The summed E-state index contributed by atoms with van der Waals surface area (Å²) in [6.07, 6.45) is 0.471. The minimum Gasteiger partial charge on any atom is -0.384 e. The van der Waals surface area contributed by atoms with Gasteiger partial charge in [-0.3, -0.25) is 4.79 Å². The smallest absolute Gasteiger partial charge is 0.228 e. The summed E-state index contributed by atoms with van der Waals surface area (Å²) in [4.78, 5) is 13.9. The second-order valence-electron chi connectivity index (χ2n) is 5.28. The first kappa shape index (κ1) is 15.1. The number of carbonyl (C=O) groups is 1. The molecule has 0 bridgehead atoms. The van der Waals surface area contributed by atoms with Crippen LogP contribution in [-0.4, -0.2) is 19.5 Å². The van der Waals surface area contributed by atoms with Gasteiger partial charge in [-0.1, -0.05) is 35.9 Å². The van der Waals surface area contributed by atoms with Crippen LogP contribution in [0.1, 0.15) is 17.5 Å². The van der Waals surface area contributed by atoms with E-state index in [4.69, 9.17) is 0 Å². The van der Waals surface area contributed by atoms with E-state index in [1.807, 2.05) is 37.4 Å². The van der Waals surface area contributed by atoms with Crippen LogP contribution in [0.4, 0.5) is 11.4 Å². The molecule has 0 aromatic heterocycles. The second kappa shape index (κ2) is 6.93. The topological polar surface area (TPSA) is 32.3 Å². The molecule has 1 amide bonds. The van der Waals surface area contributed by atoms with Crippen LogP contribution < -0.4 is 10.2 Å². The van der Waals surface area contributed by atoms with Gasteiger partial charge in [-0.05, 0) is 37.6 Å². The van der Waals surface area contributed by atoms with Crippen molar-refractivity contribution in [3.63, 3.8) is 0 Å². The fourth-order valence-electron chi connectivity index (χ4n) is 2.28. The average molecular weight is 282 g/mol. The molecule has 0 heterocycles. The summed E-state index contributed by atoms with van der Waals surface area (Å²) in [6.45, 7) is 4.79. The first-order chi connectivity index (χ1) is 10.1. The molecule has 2 rings (SSSR count). The van der Waals surface area contributed by atoms with E-state index in [0.29, 0.717) is 13.0 Å². The van der Waals surface area contributed by atoms with Gasteiger partial charge in [0.1, 0.15) is 0 Å². The first-order valence-corrected chi connectivity index (χ1v) is 7.20. The van der Waals surface area contributed by atoms with E-state index < -0.39 is 0 Å². The molecule has 0 saturated carbocycles. The zero-order chi connectivity index (χ0) is 15.2. The molecule has 2 aromatic rings. The van der Waals surface area contributed by atoms with Crippen molar-refractivity contribution < 1.29 is 4.79 Å². The van der Waals surface area contributed by atoms with E-state index in [9.17, 15) is 4.79 Å². The Hall–Kier alpha value is -2.29. The van der Waals surface area contributed by atoms with Gasteiger partial charge in [0.25, 0.3) is 0 Å². The Balaban J connectivity index is 1.87. The van der Waals surface area contributed by atoms with E-state index in [1.165, 1.54) is 11.1 Å². The van der Waals surface area contributed by atoms with Gasteiger partial charge in [-0.25, -0.2) is 0 Å². The fourth-order valence-corrected chi connectivity index (χ4v) is 2.28. The van der Waals surface area contributed by atoms with Crippen molar-refractivity contribution in [3.05, 3.63) is 59.7 Å². The van der Waals surface area contributed by atoms with Crippen LogP contribution in [0.2, 0.25) is 0 Å². The van der Waals surface area contributed by atoms with Crippen molar-refractivity contribution in [3.8, 4) is 0 Å². The number of nitrogens with zero attached hydrogens (tertiary/aromatic N) is 1. The summed E-state index contributed by atoms with van der Waals surface area (Å²) in [5, 5.41) is 3.33. The molecule has 0 atom stereocenters. The highest BCUT2D eigenvalue weighted by atomic mass is 16.2. The molecule has 0 fully saturated rings. The predicted octanol–water partition coefficient (Wildman–Crippen LogP) is 3.77. The van der Waals surface area contributed by atoms with E-state index in [0.717, 1.165) is 11.4 Å². The normalized spacial score (nSPS) is 10.2. The minimum absolute atomic E-state index is 0.110. The van der Waals surface area contributed by atoms with Crippen LogP contribution in [-0.2, 0) is 4.79 Å². The number of anilines is 2. The highest BCUT2D eigenvalue weighted by Crippen LogP contribution is 2.16. The SMILES string of the molecule is Cc1ccc(NCCC(=O)N(C)c2ccccc2)c(C)c1. The Bertz CT molecular complexity index is 608. The van der Waals surface area contributed by atoms with Gasteiger partial charge in [0.05, 0.1) is 0 Å². The summed E-state index contributed by atoms with van der Waals surface area (Å²) in [5.74, 6) is 0.110. The number of benzene rings is 2. The van der Waals surface area contributed by atoms with E-state index in [2.05, 4.69) is 37.4 Å². The molecule has 0 aliphatic rings. The van der Waals surface area contributed by atoms with Gasteiger partial charge in [-0.2, -0.15) is 0 Å². The molecular weight excluding hydrogens is 260 g/mol. The summed E-state index contributed by atoms with van der Waals surface area (Å²) in [7, 11) is 1.81. The predicted molar refractivity (Wildman–Crippen MR) is 88.9 cm³/mol. The standard InChI is InChI=1S/C18H22N2O/c1-14-9-10-17(15(2)13-14)19-12-11-18(21)20(3)16-7-5-4-6-8-16/h4-10,13,19H,11-12H2,1-3H3. The number of nitrogens with one attached hydrogen (secondary N) is 1. The molecule has 21 heavy (non-hydrogen) atoms. The molecule has 0 spiro atoms. The van der Waals surface area contributed by atoms with Gasteiger partial charge in [0.2, 0.25) is 5.91 Å². The maximum atomic E-state index is 12.2. The number of rotatable bonds is 5. The zero-order valence-corrected chi connectivity index (χ0v) is 12.9. The second-order valence-corrected chi connectivity index (χ2v) is 5.28. The molecule has 3 nitrogen and oxygen atoms in total. The van der Waals surface area contributed by atoms with Crippen LogP contribution >= 0.6 is 0 Å². The van der Waals surface area contributed by atoms with Crippen LogP contribution in [0.25, 0.3) is 0 Å². The van der Waals surface area contributed by atoms with Gasteiger partial charge >= 0.3 is 0 Å². The van der Waals surface area contributed by atoms with Crippen molar-refractivity contribution in [2.24, 2.45) is 0 Å². The largest absolute Gasteiger partial charge is 0.384 e. The first-order valence-electron chi connectivity index (χ1n) is 7.20. The molecular formula is C18H22N2O. The maximum Gasteiger partial charge on any atom is 0.228 e. The zero-order valence-electron chi connectivity index (χ0n) is 12.9. The van der Waals surface area contributed by atoms with Crippen LogP contribution in [0.3, 0.4) is 0 Å². The van der Waals surface area contributed by atoms with Gasteiger partial charge in [0, 0.05) is 31.4 Å². The number of aryl methyl sites for hydroxylation is 2. The lowest BCUT2D eigenvalue weighted by atomic mass is 10.1. The van der Waals surface area contributed by atoms with E-state index in [1.54, 1.807) is 4.90 Å². The van der Waals surface area contributed by atoms with E-state index in [-0.39, 0.29) is 5.91 Å². The van der Waals surface area contributed by atoms with Gasteiger partial charge < -0.3 is 10.2 Å². The Morgan fingerprint density at radius 2 is 1.81 bits per heavy atom.